The molecule has 0 bridgehead atoms. The first-order chi connectivity index (χ1) is 10.5. The summed E-state index contributed by atoms with van der Waals surface area (Å²) in [4.78, 5) is 16.2. The molecule has 0 radical (unpaired) electrons. The number of morpholine rings is 1. The first-order valence-corrected chi connectivity index (χ1v) is 7.92. The third-order valence-electron chi connectivity index (χ3n) is 4.54. The number of hydrogen-bond donors (Lipinski definition) is 1. The van der Waals surface area contributed by atoms with Crippen LogP contribution < -0.4 is 5.32 Å². The topological polar surface area (TPSA) is 44.8 Å². The highest BCUT2D eigenvalue weighted by Gasteiger charge is 2.49. The van der Waals surface area contributed by atoms with Crippen molar-refractivity contribution in [2.45, 2.75) is 18.2 Å². The molecule has 5 nitrogen and oxygen atoms in total. The number of carbonyl (C=O) groups is 1. The number of nitrogens with zero attached hydrogens (tertiary/aromatic N) is 2. The van der Waals surface area contributed by atoms with Crippen molar-refractivity contribution in [1.29, 1.82) is 0 Å². The lowest BCUT2D eigenvalue weighted by molar-refractivity contribution is -0.198. The van der Waals surface area contributed by atoms with Crippen LogP contribution in [0, 0.1) is 0 Å². The molecule has 0 aromatic heterocycles. The average molecular weight is 324 g/mol. The molecule has 1 amide bonds. The van der Waals surface area contributed by atoms with Gasteiger partial charge in [0, 0.05) is 38.2 Å². The first kappa shape index (κ1) is 15.7. The van der Waals surface area contributed by atoms with E-state index in [0.29, 0.717) is 6.61 Å². The number of likely N-dealkylation sites (N-methyl/N-ethyl adjacent to an activating group) is 2. The SMILES string of the molecule is CNC(=O)[C@@H]1COC2(CN(Cc3ccccc3Cl)C2)CN1C. The number of carbonyl (C=O) groups excluding carboxylic acids is 1. The van der Waals surface area contributed by atoms with Crippen LogP contribution in [-0.2, 0) is 16.1 Å². The lowest BCUT2D eigenvalue weighted by Gasteiger charge is -2.55. The third-order valence-corrected chi connectivity index (χ3v) is 4.91. The molecule has 2 saturated heterocycles. The summed E-state index contributed by atoms with van der Waals surface area (Å²) in [7, 11) is 3.65. The second kappa shape index (κ2) is 6.16. The summed E-state index contributed by atoms with van der Waals surface area (Å²) in [6, 6.07) is 7.75. The molecule has 0 aliphatic carbocycles. The minimum atomic E-state index is -0.187. The molecule has 1 atom stereocenters. The minimum absolute atomic E-state index is 0.0181. The number of hydrogen-bond acceptors (Lipinski definition) is 4. The molecule has 22 heavy (non-hydrogen) atoms. The van der Waals surface area contributed by atoms with E-state index in [1.165, 1.54) is 0 Å². The Labute approximate surface area is 136 Å². The second-order valence-corrected chi connectivity index (χ2v) is 6.68. The Morgan fingerprint density at radius 3 is 2.77 bits per heavy atom. The number of ether oxygens (including phenoxy) is 1. The Morgan fingerprint density at radius 1 is 1.41 bits per heavy atom. The van der Waals surface area contributed by atoms with E-state index in [0.717, 1.165) is 36.8 Å². The standard InChI is InChI=1S/C16H22ClN3O2/c1-18-15(21)14-8-22-16(9-19(14)2)10-20(11-16)7-12-5-3-4-6-13(12)17/h3-6,14H,7-11H2,1-2H3,(H,18,21)/t14-/m0/s1. The van der Waals surface area contributed by atoms with Crippen LogP contribution in [0.2, 0.25) is 5.02 Å². The second-order valence-electron chi connectivity index (χ2n) is 6.28. The fourth-order valence-electron chi connectivity index (χ4n) is 3.38. The molecule has 2 fully saturated rings. The van der Waals surface area contributed by atoms with Gasteiger partial charge in [0.1, 0.15) is 11.6 Å². The summed E-state index contributed by atoms with van der Waals surface area (Å²) in [6.45, 7) is 3.83. The van der Waals surface area contributed by atoms with Crippen molar-refractivity contribution in [3.05, 3.63) is 34.9 Å². The van der Waals surface area contributed by atoms with E-state index in [1.54, 1.807) is 7.05 Å². The summed E-state index contributed by atoms with van der Waals surface area (Å²) < 4.78 is 6.03. The molecule has 1 aromatic carbocycles. The molecular formula is C16H22ClN3O2. The zero-order valence-corrected chi connectivity index (χ0v) is 13.8. The van der Waals surface area contributed by atoms with E-state index in [1.807, 2.05) is 25.2 Å². The monoisotopic (exact) mass is 323 g/mol. The van der Waals surface area contributed by atoms with Crippen LogP contribution in [0.4, 0.5) is 0 Å². The molecule has 1 aromatic rings. The summed E-state index contributed by atoms with van der Waals surface area (Å²) in [5, 5.41) is 3.50. The van der Waals surface area contributed by atoms with Crippen LogP contribution in [0.3, 0.4) is 0 Å². The van der Waals surface area contributed by atoms with Crippen molar-refractivity contribution in [3.63, 3.8) is 0 Å². The average Bonchev–Trinajstić information content (AvgIpc) is 2.47. The lowest BCUT2D eigenvalue weighted by Crippen LogP contribution is -2.71. The van der Waals surface area contributed by atoms with E-state index in [9.17, 15) is 4.79 Å². The molecule has 3 rings (SSSR count). The zero-order chi connectivity index (χ0) is 15.7. The van der Waals surface area contributed by atoms with Crippen LogP contribution in [0.5, 0.6) is 0 Å². The minimum Gasteiger partial charge on any atom is -0.369 e. The van der Waals surface area contributed by atoms with Crippen LogP contribution in [0.25, 0.3) is 0 Å². The summed E-state index contributed by atoms with van der Waals surface area (Å²) in [5.74, 6) is 0.0181. The van der Waals surface area contributed by atoms with Gasteiger partial charge < -0.3 is 10.1 Å². The van der Waals surface area contributed by atoms with E-state index in [2.05, 4.69) is 21.2 Å². The van der Waals surface area contributed by atoms with Gasteiger partial charge in [0.25, 0.3) is 0 Å². The van der Waals surface area contributed by atoms with Gasteiger partial charge in [-0.15, -0.1) is 0 Å². The maximum atomic E-state index is 11.8. The van der Waals surface area contributed by atoms with Gasteiger partial charge in [-0.2, -0.15) is 0 Å². The zero-order valence-electron chi connectivity index (χ0n) is 13.0. The number of benzene rings is 1. The van der Waals surface area contributed by atoms with Gasteiger partial charge in [-0.3, -0.25) is 14.6 Å². The van der Waals surface area contributed by atoms with Crippen molar-refractivity contribution in [2.75, 3.05) is 40.3 Å². The van der Waals surface area contributed by atoms with E-state index < -0.39 is 0 Å². The van der Waals surface area contributed by atoms with E-state index in [-0.39, 0.29) is 17.6 Å². The van der Waals surface area contributed by atoms with E-state index >= 15 is 0 Å². The van der Waals surface area contributed by atoms with Gasteiger partial charge in [0.05, 0.1) is 6.61 Å². The Kier molecular flexibility index (Phi) is 4.41. The van der Waals surface area contributed by atoms with Gasteiger partial charge in [-0.05, 0) is 18.7 Å². The molecule has 1 spiro atoms. The molecule has 2 heterocycles. The van der Waals surface area contributed by atoms with Crippen LogP contribution in [-0.4, -0.2) is 67.7 Å². The van der Waals surface area contributed by atoms with Crippen molar-refractivity contribution < 1.29 is 9.53 Å². The summed E-state index contributed by atoms with van der Waals surface area (Å²) in [5.41, 5.74) is 1.01. The van der Waals surface area contributed by atoms with Crippen LogP contribution >= 0.6 is 11.6 Å². The molecular weight excluding hydrogens is 302 g/mol. The molecule has 120 valence electrons. The van der Waals surface area contributed by atoms with Crippen molar-refractivity contribution in [2.24, 2.45) is 0 Å². The van der Waals surface area contributed by atoms with Crippen molar-refractivity contribution in [3.8, 4) is 0 Å². The van der Waals surface area contributed by atoms with Gasteiger partial charge >= 0.3 is 0 Å². The predicted molar refractivity (Wildman–Crippen MR) is 85.9 cm³/mol. The number of likely N-dealkylation sites (tertiary alicyclic amines) is 1. The largest absolute Gasteiger partial charge is 0.369 e. The molecule has 6 heteroatoms. The number of nitrogens with one attached hydrogen (secondary N) is 1. The quantitative estimate of drug-likeness (QED) is 0.900. The Hall–Kier alpha value is -1.14. The van der Waals surface area contributed by atoms with Crippen molar-refractivity contribution in [1.82, 2.24) is 15.1 Å². The van der Waals surface area contributed by atoms with Crippen molar-refractivity contribution >= 4 is 17.5 Å². The third kappa shape index (κ3) is 2.99. The van der Waals surface area contributed by atoms with E-state index in [4.69, 9.17) is 16.3 Å². The summed E-state index contributed by atoms with van der Waals surface area (Å²) in [6.07, 6.45) is 0. The van der Waals surface area contributed by atoms with Gasteiger partial charge in [-0.25, -0.2) is 0 Å². The number of rotatable bonds is 3. The predicted octanol–water partition coefficient (Wildman–Crippen LogP) is 0.971. The Balaban J connectivity index is 1.55. The highest BCUT2D eigenvalue weighted by molar-refractivity contribution is 6.31. The summed E-state index contributed by atoms with van der Waals surface area (Å²) >= 11 is 6.21. The number of halogens is 1. The Bertz CT molecular complexity index is 560. The fraction of sp³-hybridized carbons (Fsp3) is 0.562. The first-order valence-electron chi connectivity index (χ1n) is 7.54. The Morgan fingerprint density at radius 2 is 2.14 bits per heavy atom. The highest BCUT2D eigenvalue weighted by Crippen LogP contribution is 2.32. The van der Waals surface area contributed by atoms with Gasteiger partial charge in [-0.1, -0.05) is 29.8 Å². The van der Waals surface area contributed by atoms with Crippen LogP contribution in [0.15, 0.2) is 24.3 Å². The smallest absolute Gasteiger partial charge is 0.239 e. The molecule has 1 N–H and O–H groups in total. The fourth-order valence-corrected chi connectivity index (χ4v) is 3.57. The molecule has 0 unspecified atom stereocenters. The highest BCUT2D eigenvalue weighted by atomic mass is 35.5. The normalized spacial score (nSPS) is 25.0. The maximum Gasteiger partial charge on any atom is 0.239 e. The number of amides is 1. The maximum absolute atomic E-state index is 11.8. The lowest BCUT2D eigenvalue weighted by atomic mass is 9.90. The molecule has 2 aliphatic rings. The van der Waals surface area contributed by atoms with Gasteiger partial charge in [0.2, 0.25) is 5.91 Å². The van der Waals surface area contributed by atoms with Gasteiger partial charge in [0.15, 0.2) is 0 Å². The molecule has 0 saturated carbocycles. The van der Waals surface area contributed by atoms with Crippen LogP contribution in [0.1, 0.15) is 5.56 Å². The molecule has 2 aliphatic heterocycles.